The average molecular weight is 224 g/mol. The lowest BCUT2D eigenvalue weighted by Crippen LogP contribution is -2.25. The molecule has 0 amide bonds. The number of rotatable bonds is 3. The number of carbonyl (C=O) groups excluding carboxylic acids is 2. The van der Waals surface area contributed by atoms with Crippen molar-refractivity contribution in [3.8, 4) is 0 Å². The molecule has 0 spiro atoms. The van der Waals surface area contributed by atoms with Gasteiger partial charge in [-0.25, -0.2) is 4.98 Å². The van der Waals surface area contributed by atoms with Gasteiger partial charge in [0.25, 0.3) is 0 Å². The van der Waals surface area contributed by atoms with Crippen LogP contribution in [0.3, 0.4) is 0 Å². The third-order valence-electron chi connectivity index (χ3n) is 1.96. The molecule has 1 heterocycles. The van der Waals surface area contributed by atoms with Gasteiger partial charge in [0.05, 0.1) is 6.20 Å². The second-order valence-electron chi connectivity index (χ2n) is 4.54. The number of esters is 1. The quantitative estimate of drug-likeness (QED) is 0.570. The Bertz CT molecular complexity index is 402. The van der Waals surface area contributed by atoms with Crippen molar-refractivity contribution in [2.24, 2.45) is 7.05 Å². The number of aromatic nitrogens is 2. The van der Waals surface area contributed by atoms with Crippen LogP contribution < -0.4 is 0 Å². The number of hydrogen-bond acceptors (Lipinski definition) is 4. The Morgan fingerprint density at radius 1 is 1.56 bits per heavy atom. The van der Waals surface area contributed by atoms with Crippen LogP contribution in [0.2, 0.25) is 0 Å². The Kier molecular flexibility index (Phi) is 3.47. The number of hydrogen-bond donors (Lipinski definition) is 0. The first-order valence-electron chi connectivity index (χ1n) is 5.01. The van der Waals surface area contributed by atoms with Crippen LogP contribution >= 0.6 is 0 Å². The zero-order valence-corrected chi connectivity index (χ0v) is 9.98. The van der Waals surface area contributed by atoms with Gasteiger partial charge in [-0.15, -0.1) is 0 Å². The van der Waals surface area contributed by atoms with Crippen molar-refractivity contribution in [1.29, 1.82) is 0 Å². The number of ether oxygens (including phenoxy) is 1. The summed E-state index contributed by atoms with van der Waals surface area (Å²) < 4.78 is 6.74. The van der Waals surface area contributed by atoms with Crippen LogP contribution in [0.4, 0.5) is 0 Å². The molecule has 5 heteroatoms. The van der Waals surface area contributed by atoms with Crippen LogP contribution in [0, 0.1) is 0 Å². The van der Waals surface area contributed by atoms with Crippen LogP contribution in [-0.4, -0.2) is 27.4 Å². The first kappa shape index (κ1) is 12.4. The minimum atomic E-state index is -0.504. The molecule has 0 saturated heterocycles. The fraction of sp³-hybridized carbons (Fsp3) is 0.545. The zero-order valence-electron chi connectivity index (χ0n) is 9.98. The lowest BCUT2D eigenvalue weighted by molar-refractivity contribution is -0.154. The SMILES string of the molecule is Cn1c(C=O)cnc1CC(=O)OC(C)(C)C. The molecular weight excluding hydrogens is 208 g/mol. The maximum atomic E-state index is 11.5. The van der Waals surface area contributed by atoms with Crippen LogP contribution in [0.25, 0.3) is 0 Å². The van der Waals surface area contributed by atoms with Crippen molar-refractivity contribution in [3.05, 3.63) is 17.7 Å². The fourth-order valence-electron chi connectivity index (χ4n) is 1.24. The van der Waals surface area contributed by atoms with E-state index < -0.39 is 5.60 Å². The number of nitrogens with zero attached hydrogens (tertiary/aromatic N) is 2. The molecule has 0 N–H and O–H groups in total. The van der Waals surface area contributed by atoms with E-state index in [9.17, 15) is 9.59 Å². The molecule has 0 aliphatic heterocycles. The molecule has 0 atom stereocenters. The summed E-state index contributed by atoms with van der Waals surface area (Å²) in [5.41, 5.74) is -0.0611. The van der Waals surface area contributed by atoms with Crippen LogP contribution in [-0.2, 0) is 23.0 Å². The lowest BCUT2D eigenvalue weighted by Gasteiger charge is -2.19. The Hall–Kier alpha value is -1.65. The number of imidazole rings is 1. The molecule has 1 rings (SSSR count). The molecule has 0 radical (unpaired) electrons. The fourth-order valence-corrected chi connectivity index (χ4v) is 1.24. The third kappa shape index (κ3) is 3.18. The van der Waals surface area contributed by atoms with E-state index in [0.29, 0.717) is 17.8 Å². The zero-order chi connectivity index (χ0) is 12.3. The minimum Gasteiger partial charge on any atom is -0.460 e. The van der Waals surface area contributed by atoms with E-state index in [1.165, 1.54) is 6.20 Å². The molecule has 0 aliphatic rings. The van der Waals surface area contributed by atoms with Crippen molar-refractivity contribution in [2.45, 2.75) is 32.8 Å². The highest BCUT2D eigenvalue weighted by atomic mass is 16.6. The second-order valence-corrected chi connectivity index (χ2v) is 4.54. The first-order chi connectivity index (χ1) is 7.33. The molecule has 5 nitrogen and oxygen atoms in total. The molecule has 16 heavy (non-hydrogen) atoms. The van der Waals surface area contributed by atoms with Gasteiger partial charge >= 0.3 is 5.97 Å². The molecule has 0 aliphatic carbocycles. The smallest absolute Gasteiger partial charge is 0.313 e. The number of carbonyl (C=O) groups is 2. The van der Waals surface area contributed by atoms with Crippen molar-refractivity contribution >= 4 is 12.3 Å². The Labute approximate surface area is 94.4 Å². The highest BCUT2D eigenvalue weighted by Gasteiger charge is 2.18. The standard InChI is InChI=1S/C11H16N2O3/c1-11(2,3)16-10(15)5-9-12-6-8(7-14)13(9)4/h6-7H,5H2,1-4H3. The Morgan fingerprint density at radius 2 is 2.19 bits per heavy atom. The molecule has 0 bridgehead atoms. The van der Waals surface area contributed by atoms with Gasteiger partial charge in [0.2, 0.25) is 0 Å². The highest BCUT2D eigenvalue weighted by molar-refractivity contribution is 5.74. The molecule has 88 valence electrons. The van der Waals surface area contributed by atoms with Gasteiger partial charge in [0.15, 0.2) is 6.29 Å². The van der Waals surface area contributed by atoms with Gasteiger partial charge in [-0.1, -0.05) is 0 Å². The summed E-state index contributed by atoms with van der Waals surface area (Å²) in [4.78, 5) is 26.1. The summed E-state index contributed by atoms with van der Waals surface area (Å²) in [5.74, 6) is 0.176. The molecule has 0 aromatic carbocycles. The van der Waals surface area contributed by atoms with Gasteiger partial charge in [-0.3, -0.25) is 9.59 Å². The number of aldehydes is 1. The third-order valence-corrected chi connectivity index (χ3v) is 1.96. The van der Waals surface area contributed by atoms with Crippen LogP contribution in [0.15, 0.2) is 6.20 Å². The maximum Gasteiger partial charge on any atom is 0.313 e. The van der Waals surface area contributed by atoms with E-state index >= 15 is 0 Å². The van der Waals surface area contributed by atoms with Gasteiger partial charge < -0.3 is 9.30 Å². The van der Waals surface area contributed by atoms with E-state index in [1.54, 1.807) is 32.4 Å². The Morgan fingerprint density at radius 3 is 2.62 bits per heavy atom. The predicted octanol–water partition coefficient (Wildman–Crippen LogP) is 1.12. The summed E-state index contributed by atoms with van der Waals surface area (Å²) in [6, 6.07) is 0. The maximum absolute atomic E-state index is 11.5. The van der Waals surface area contributed by atoms with E-state index in [1.807, 2.05) is 0 Å². The van der Waals surface area contributed by atoms with Crippen LogP contribution in [0.1, 0.15) is 37.1 Å². The van der Waals surface area contributed by atoms with Crippen molar-refractivity contribution in [3.63, 3.8) is 0 Å². The van der Waals surface area contributed by atoms with Crippen molar-refractivity contribution in [1.82, 2.24) is 9.55 Å². The minimum absolute atomic E-state index is 0.0710. The van der Waals surface area contributed by atoms with Gasteiger partial charge in [-0.05, 0) is 20.8 Å². The van der Waals surface area contributed by atoms with Crippen molar-refractivity contribution in [2.75, 3.05) is 0 Å². The van der Waals surface area contributed by atoms with Gasteiger partial charge in [0.1, 0.15) is 23.5 Å². The average Bonchev–Trinajstić information content (AvgIpc) is 2.44. The topological polar surface area (TPSA) is 61.2 Å². The summed E-state index contributed by atoms with van der Waals surface area (Å²) in [7, 11) is 1.69. The summed E-state index contributed by atoms with van der Waals surface area (Å²) in [6.07, 6.45) is 2.21. The van der Waals surface area contributed by atoms with E-state index in [2.05, 4.69) is 4.98 Å². The van der Waals surface area contributed by atoms with Crippen LogP contribution in [0.5, 0.6) is 0 Å². The molecular formula is C11H16N2O3. The predicted molar refractivity (Wildman–Crippen MR) is 58.1 cm³/mol. The van der Waals surface area contributed by atoms with Gasteiger partial charge in [0, 0.05) is 7.05 Å². The monoisotopic (exact) mass is 224 g/mol. The molecule has 1 aromatic rings. The summed E-state index contributed by atoms with van der Waals surface area (Å²) >= 11 is 0. The largest absolute Gasteiger partial charge is 0.460 e. The van der Waals surface area contributed by atoms with E-state index in [0.717, 1.165) is 0 Å². The molecule has 0 fully saturated rings. The highest BCUT2D eigenvalue weighted by Crippen LogP contribution is 2.09. The summed E-state index contributed by atoms with van der Waals surface area (Å²) in [6.45, 7) is 5.42. The Balaban J connectivity index is 2.70. The van der Waals surface area contributed by atoms with Crippen molar-refractivity contribution < 1.29 is 14.3 Å². The normalized spacial score (nSPS) is 11.2. The summed E-state index contributed by atoms with van der Waals surface area (Å²) in [5, 5.41) is 0. The van der Waals surface area contributed by atoms with Gasteiger partial charge in [-0.2, -0.15) is 0 Å². The molecule has 0 saturated carbocycles. The lowest BCUT2D eigenvalue weighted by atomic mass is 10.2. The van der Waals surface area contributed by atoms with E-state index in [4.69, 9.17) is 4.74 Å². The van der Waals surface area contributed by atoms with E-state index in [-0.39, 0.29) is 12.4 Å². The first-order valence-corrected chi connectivity index (χ1v) is 5.01. The molecule has 1 aromatic heterocycles. The molecule has 0 unspecified atom stereocenters. The second kappa shape index (κ2) is 4.47.